The molecule has 5 nitrogen and oxygen atoms in total. The molecule has 0 saturated heterocycles. The number of imidazole rings is 1. The number of amides is 1. The van der Waals surface area contributed by atoms with Crippen LogP contribution in [0.3, 0.4) is 0 Å². The molecule has 0 radical (unpaired) electrons. The minimum atomic E-state index is -0.273. The van der Waals surface area contributed by atoms with Gasteiger partial charge >= 0.3 is 0 Å². The summed E-state index contributed by atoms with van der Waals surface area (Å²) in [5.74, 6) is 0.443. The summed E-state index contributed by atoms with van der Waals surface area (Å²) in [4.78, 5) is 21.9. The van der Waals surface area contributed by atoms with E-state index in [4.69, 9.17) is 16.6 Å². The van der Waals surface area contributed by atoms with E-state index in [2.05, 4.69) is 10.3 Å². The van der Waals surface area contributed by atoms with E-state index in [1.54, 1.807) is 18.3 Å². The highest BCUT2D eigenvalue weighted by Gasteiger charge is 2.15. The first kappa shape index (κ1) is 22.0. The quantitative estimate of drug-likeness (QED) is 0.441. The van der Waals surface area contributed by atoms with Crippen LogP contribution in [0.25, 0.3) is 11.2 Å². The molecule has 0 aliphatic heterocycles. The van der Waals surface area contributed by atoms with E-state index in [9.17, 15) is 9.18 Å². The van der Waals surface area contributed by atoms with Gasteiger partial charge in [0.25, 0.3) is 0 Å². The number of carbonyl (C=O) groups is 1. The minimum Gasteiger partial charge on any atom is -0.350 e. The molecule has 0 unspecified atom stereocenters. The molecule has 4 rings (SSSR count). The predicted molar refractivity (Wildman–Crippen MR) is 128 cm³/mol. The zero-order chi connectivity index (χ0) is 22.7. The topological polar surface area (TPSA) is 59.8 Å². The Morgan fingerprint density at radius 1 is 1.19 bits per heavy atom. The summed E-state index contributed by atoms with van der Waals surface area (Å²) in [7, 11) is 1.97. The lowest BCUT2D eigenvalue weighted by molar-refractivity contribution is -0.121. The van der Waals surface area contributed by atoms with Crippen molar-refractivity contribution in [1.82, 2.24) is 19.9 Å². The molecule has 4 aromatic rings. The molecule has 0 aliphatic rings. The fourth-order valence-electron chi connectivity index (χ4n) is 3.66. The zero-order valence-corrected chi connectivity index (χ0v) is 18.7. The van der Waals surface area contributed by atoms with E-state index in [0.717, 1.165) is 33.6 Å². The average Bonchev–Trinajstić information content (AvgIpc) is 3.10. The number of benzene rings is 2. The smallest absolute Gasteiger partial charge is 0.220 e. The van der Waals surface area contributed by atoms with Crippen LogP contribution in [0.5, 0.6) is 0 Å². The Kier molecular flexibility index (Phi) is 6.56. The van der Waals surface area contributed by atoms with Crippen molar-refractivity contribution in [3.8, 4) is 0 Å². The molecule has 0 saturated carbocycles. The van der Waals surface area contributed by atoms with E-state index < -0.39 is 0 Å². The van der Waals surface area contributed by atoms with Crippen LogP contribution < -0.4 is 10.8 Å². The van der Waals surface area contributed by atoms with E-state index in [1.807, 2.05) is 49.7 Å². The maximum atomic E-state index is 13.3. The van der Waals surface area contributed by atoms with Gasteiger partial charge < -0.3 is 9.88 Å². The zero-order valence-electron chi connectivity index (χ0n) is 18.0. The Hall–Kier alpha value is -3.19. The molecule has 32 heavy (non-hydrogen) atoms. The minimum absolute atomic E-state index is 0.0584. The average molecular weight is 449 g/mol. The second kappa shape index (κ2) is 9.53. The fourth-order valence-corrected chi connectivity index (χ4v) is 3.79. The first-order chi connectivity index (χ1) is 15.4. The van der Waals surface area contributed by atoms with Crippen molar-refractivity contribution in [3.63, 3.8) is 0 Å². The largest absolute Gasteiger partial charge is 0.350 e. The highest BCUT2D eigenvalue weighted by Crippen LogP contribution is 2.19. The van der Waals surface area contributed by atoms with Gasteiger partial charge in [0, 0.05) is 24.1 Å². The highest BCUT2D eigenvalue weighted by molar-refractivity contribution is 6.32. The van der Waals surface area contributed by atoms with Crippen LogP contribution in [0.4, 0.5) is 4.39 Å². The lowest BCUT2D eigenvalue weighted by Gasteiger charge is -2.15. The maximum absolute atomic E-state index is 13.3. The number of hydrogen-bond donors (Lipinski definition) is 1. The number of rotatable bonds is 7. The Balaban J connectivity index is 1.50. The van der Waals surface area contributed by atoms with Crippen molar-refractivity contribution in [1.29, 1.82) is 0 Å². The molecule has 0 aliphatic carbocycles. The number of carbonyl (C=O) groups excluding carboxylic acids is 1. The number of pyridine rings is 1. The Bertz CT molecular complexity index is 1240. The van der Waals surface area contributed by atoms with Crippen LogP contribution in [0, 0.1) is 5.82 Å². The van der Waals surface area contributed by atoms with E-state index in [-0.39, 0.29) is 17.8 Å². The van der Waals surface area contributed by atoms with Crippen molar-refractivity contribution < 1.29 is 9.18 Å². The molecule has 8 heteroatoms. The second-order valence-electron chi connectivity index (χ2n) is 7.94. The van der Waals surface area contributed by atoms with Gasteiger partial charge in [-0.1, -0.05) is 41.3 Å². The number of aryl methyl sites for hydroxylation is 1. The lowest BCUT2D eigenvalue weighted by atomic mass is 9.99. The number of nitrogens with one attached hydrogen (secondary N) is 1. The predicted octanol–water partition coefficient (Wildman–Crippen LogP) is 3.34. The monoisotopic (exact) mass is 448 g/mol. The Morgan fingerprint density at radius 3 is 2.62 bits per heavy atom. The van der Waals surface area contributed by atoms with Crippen LogP contribution >= 0.6 is 11.6 Å². The molecule has 1 atom stereocenters. The Labute approximate surface area is 192 Å². The first-order valence-corrected chi connectivity index (χ1v) is 10.9. The van der Waals surface area contributed by atoms with Gasteiger partial charge in [0.05, 0.1) is 12.6 Å². The normalized spacial score (nSPS) is 12.1. The summed E-state index contributed by atoms with van der Waals surface area (Å²) >= 11 is 5.94. The van der Waals surface area contributed by atoms with Gasteiger partial charge in [-0.25, -0.2) is 14.4 Å². The SMILES string of the molecule is Bc1cnc2c(c1)nc(CCC(=O)N[C@@H](C)c1ccc(Cl)cc1)n2Cc1ccc(F)cc1. The maximum Gasteiger partial charge on any atom is 0.220 e. The number of fused-ring (bicyclic) bond motifs is 1. The molecule has 2 heterocycles. The molecular weight excluding hydrogens is 426 g/mol. The lowest BCUT2D eigenvalue weighted by Crippen LogP contribution is -2.27. The summed E-state index contributed by atoms with van der Waals surface area (Å²) in [5.41, 5.74) is 4.49. The standard InChI is InChI=1S/C24H23BClFN4O/c1-15(17-4-6-19(26)7-5-17)29-23(32)11-10-22-30-21-12-18(25)13-28-24(21)31(22)14-16-2-8-20(27)9-3-16/h2-9,12-13,15H,10-11,14,25H2,1H3,(H,29,32)/t15-/m0/s1. The third kappa shape index (κ3) is 5.17. The highest BCUT2D eigenvalue weighted by atomic mass is 35.5. The third-order valence-corrected chi connectivity index (χ3v) is 5.63. The van der Waals surface area contributed by atoms with Gasteiger partial charge in [0.15, 0.2) is 5.65 Å². The van der Waals surface area contributed by atoms with Crippen LogP contribution in [0.2, 0.25) is 5.02 Å². The summed E-state index contributed by atoms with van der Waals surface area (Å²) in [6.07, 6.45) is 2.56. The van der Waals surface area contributed by atoms with Crippen molar-refractivity contribution in [2.75, 3.05) is 0 Å². The van der Waals surface area contributed by atoms with Crippen LogP contribution in [-0.4, -0.2) is 28.3 Å². The van der Waals surface area contributed by atoms with E-state index in [0.29, 0.717) is 24.4 Å². The first-order valence-electron chi connectivity index (χ1n) is 10.5. The van der Waals surface area contributed by atoms with Gasteiger partial charge in [-0.3, -0.25) is 4.79 Å². The number of hydrogen-bond acceptors (Lipinski definition) is 3. The van der Waals surface area contributed by atoms with Crippen LogP contribution in [0.15, 0.2) is 60.8 Å². The van der Waals surface area contributed by atoms with Crippen molar-refractivity contribution >= 4 is 42.0 Å². The van der Waals surface area contributed by atoms with E-state index in [1.165, 1.54) is 12.1 Å². The number of aromatic nitrogens is 3. The van der Waals surface area contributed by atoms with Gasteiger partial charge in [0.2, 0.25) is 5.91 Å². The molecule has 162 valence electrons. The third-order valence-electron chi connectivity index (χ3n) is 5.38. The van der Waals surface area contributed by atoms with Crippen molar-refractivity contribution in [2.24, 2.45) is 0 Å². The van der Waals surface area contributed by atoms with E-state index >= 15 is 0 Å². The molecule has 2 aromatic carbocycles. The summed E-state index contributed by atoms with van der Waals surface area (Å²) in [6, 6.07) is 15.7. The Morgan fingerprint density at radius 2 is 1.91 bits per heavy atom. The summed E-state index contributed by atoms with van der Waals surface area (Å²) < 4.78 is 15.3. The van der Waals surface area contributed by atoms with Gasteiger partial charge in [-0.2, -0.15) is 0 Å². The van der Waals surface area contributed by atoms with Crippen molar-refractivity contribution in [3.05, 3.63) is 88.6 Å². The number of nitrogens with zero attached hydrogens (tertiary/aromatic N) is 3. The van der Waals surface area contributed by atoms with Crippen LogP contribution in [-0.2, 0) is 17.8 Å². The van der Waals surface area contributed by atoms with Gasteiger partial charge in [-0.05, 0) is 48.4 Å². The van der Waals surface area contributed by atoms with Crippen molar-refractivity contribution in [2.45, 2.75) is 32.4 Å². The molecule has 0 bridgehead atoms. The molecule has 0 fully saturated rings. The summed E-state index contributed by atoms with van der Waals surface area (Å²) in [5, 5.41) is 3.69. The summed E-state index contributed by atoms with van der Waals surface area (Å²) in [6.45, 7) is 2.45. The molecule has 2 aromatic heterocycles. The molecule has 0 spiro atoms. The van der Waals surface area contributed by atoms with Crippen LogP contribution in [0.1, 0.15) is 36.3 Å². The number of halogens is 2. The van der Waals surface area contributed by atoms with Gasteiger partial charge in [-0.15, -0.1) is 0 Å². The second-order valence-corrected chi connectivity index (χ2v) is 8.37. The van der Waals surface area contributed by atoms with Gasteiger partial charge in [0.1, 0.15) is 25.0 Å². The molecule has 1 N–H and O–H groups in total. The molecule has 1 amide bonds. The molecular formula is C24H23BClFN4O. The fraction of sp³-hybridized carbons (Fsp3) is 0.208.